The van der Waals surface area contributed by atoms with Gasteiger partial charge in [-0.3, -0.25) is 4.79 Å². The third-order valence-corrected chi connectivity index (χ3v) is 2.11. The molecule has 0 aliphatic heterocycles. The molecule has 72 valence electrons. The molecule has 0 saturated carbocycles. The van der Waals surface area contributed by atoms with Crippen molar-refractivity contribution in [3.05, 3.63) is 36.1 Å². The smallest absolute Gasteiger partial charge is 0.325 e. The van der Waals surface area contributed by atoms with Gasteiger partial charge in [0.25, 0.3) is 0 Å². The molecule has 1 aromatic heterocycles. The van der Waals surface area contributed by atoms with Crippen molar-refractivity contribution >= 4 is 16.9 Å². The summed E-state index contributed by atoms with van der Waals surface area (Å²) in [5.74, 6) is -1.06. The molecule has 2 aromatic rings. The van der Waals surface area contributed by atoms with E-state index in [0.717, 1.165) is 5.39 Å². The Morgan fingerprint density at radius 2 is 2.14 bits per heavy atom. The van der Waals surface area contributed by atoms with Crippen LogP contribution in [0.4, 0.5) is 0 Å². The van der Waals surface area contributed by atoms with E-state index in [4.69, 9.17) is 15.3 Å². The number of hydrogen-bond acceptors (Lipinski definition) is 3. The first kappa shape index (κ1) is 8.77. The van der Waals surface area contributed by atoms with Gasteiger partial charge in [0, 0.05) is 10.9 Å². The van der Waals surface area contributed by atoms with Gasteiger partial charge in [0.2, 0.25) is 0 Å². The first-order valence-electron chi connectivity index (χ1n) is 4.14. The molecule has 0 radical (unpaired) electrons. The second-order valence-corrected chi connectivity index (χ2v) is 3.00. The first-order valence-corrected chi connectivity index (χ1v) is 4.14. The van der Waals surface area contributed by atoms with Crippen LogP contribution >= 0.6 is 0 Å². The topological polar surface area (TPSA) is 76.5 Å². The molecule has 0 amide bonds. The Kier molecular flexibility index (Phi) is 1.98. The van der Waals surface area contributed by atoms with E-state index in [-0.39, 0.29) is 0 Å². The van der Waals surface area contributed by atoms with Crippen LogP contribution in [0.15, 0.2) is 34.9 Å². The zero-order valence-corrected chi connectivity index (χ0v) is 7.31. The van der Waals surface area contributed by atoms with Crippen LogP contribution in [0.1, 0.15) is 11.6 Å². The fraction of sp³-hybridized carbons (Fsp3) is 0.100. The largest absolute Gasteiger partial charge is 0.480 e. The highest BCUT2D eigenvalue weighted by molar-refractivity contribution is 5.87. The fourth-order valence-corrected chi connectivity index (χ4v) is 1.37. The summed E-state index contributed by atoms with van der Waals surface area (Å²) in [5.41, 5.74) is 6.65. The molecular weight excluding hydrogens is 182 g/mol. The van der Waals surface area contributed by atoms with Gasteiger partial charge in [0.1, 0.15) is 11.6 Å². The number of hydrogen-bond donors (Lipinski definition) is 2. The van der Waals surface area contributed by atoms with Gasteiger partial charge in [-0.2, -0.15) is 0 Å². The SMILES string of the molecule is N[C@H](C(=O)O)c1coc2ccccc12. The van der Waals surface area contributed by atoms with Gasteiger partial charge in [-0.05, 0) is 6.07 Å². The van der Waals surface area contributed by atoms with E-state index in [1.807, 2.05) is 12.1 Å². The summed E-state index contributed by atoms with van der Waals surface area (Å²) in [6.07, 6.45) is 1.39. The van der Waals surface area contributed by atoms with Gasteiger partial charge < -0.3 is 15.3 Å². The van der Waals surface area contributed by atoms with Crippen molar-refractivity contribution in [2.75, 3.05) is 0 Å². The maximum Gasteiger partial charge on any atom is 0.325 e. The molecule has 1 atom stereocenters. The van der Waals surface area contributed by atoms with Crippen LogP contribution in [0.2, 0.25) is 0 Å². The molecule has 4 heteroatoms. The summed E-state index contributed by atoms with van der Waals surface area (Å²) < 4.78 is 5.18. The van der Waals surface area contributed by atoms with Gasteiger partial charge in [-0.1, -0.05) is 18.2 Å². The normalized spacial score (nSPS) is 12.9. The molecule has 14 heavy (non-hydrogen) atoms. The van der Waals surface area contributed by atoms with Gasteiger partial charge in [-0.25, -0.2) is 0 Å². The van der Waals surface area contributed by atoms with Crippen LogP contribution in [0.5, 0.6) is 0 Å². The van der Waals surface area contributed by atoms with Crippen LogP contribution in [0.3, 0.4) is 0 Å². The lowest BCUT2D eigenvalue weighted by atomic mass is 10.1. The van der Waals surface area contributed by atoms with Crippen molar-refractivity contribution in [3.8, 4) is 0 Å². The first-order chi connectivity index (χ1) is 6.70. The molecule has 0 aliphatic rings. The zero-order valence-electron chi connectivity index (χ0n) is 7.31. The minimum atomic E-state index is -1.06. The molecule has 0 bridgehead atoms. The number of carboxylic acids is 1. The highest BCUT2D eigenvalue weighted by Crippen LogP contribution is 2.24. The number of para-hydroxylation sites is 1. The quantitative estimate of drug-likeness (QED) is 0.754. The van der Waals surface area contributed by atoms with Gasteiger partial charge in [-0.15, -0.1) is 0 Å². The zero-order chi connectivity index (χ0) is 10.1. The van der Waals surface area contributed by atoms with E-state index >= 15 is 0 Å². The Hall–Kier alpha value is -1.81. The molecule has 0 spiro atoms. The maximum atomic E-state index is 10.7. The highest BCUT2D eigenvalue weighted by atomic mass is 16.4. The average molecular weight is 191 g/mol. The Bertz CT molecular complexity index is 475. The monoisotopic (exact) mass is 191 g/mol. The molecular formula is C10H9NO3. The van der Waals surface area contributed by atoms with E-state index in [2.05, 4.69) is 0 Å². The minimum Gasteiger partial charge on any atom is -0.480 e. The standard InChI is InChI=1S/C10H9NO3/c11-9(10(12)13)7-5-14-8-4-2-1-3-6(7)8/h1-5,9H,11H2,(H,12,13)/t9-/m0/s1. The Morgan fingerprint density at radius 1 is 1.43 bits per heavy atom. The maximum absolute atomic E-state index is 10.7. The predicted molar refractivity (Wildman–Crippen MR) is 50.8 cm³/mol. The van der Waals surface area contributed by atoms with Crippen LogP contribution in [0.25, 0.3) is 11.0 Å². The molecule has 1 aromatic carbocycles. The van der Waals surface area contributed by atoms with E-state index in [1.54, 1.807) is 12.1 Å². The van der Waals surface area contributed by atoms with Crippen LogP contribution in [-0.2, 0) is 4.79 Å². The number of aliphatic carboxylic acids is 1. The number of fused-ring (bicyclic) bond motifs is 1. The molecule has 3 N–H and O–H groups in total. The minimum absolute atomic E-state index is 0.508. The Morgan fingerprint density at radius 3 is 2.86 bits per heavy atom. The summed E-state index contributed by atoms with van der Waals surface area (Å²) >= 11 is 0. The average Bonchev–Trinajstić information content (AvgIpc) is 2.60. The Labute approximate surface area is 79.9 Å². The molecule has 2 rings (SSSR count). The molecule has 0 saturated heterocycles. The summed E-state index contributed by atoms with van der Waals surface area (Å²) in [5, 5.41) is 9.50. The van der Waals surface area contributed by atoms with Crippen molar-refractivity contribution in [3.63, 3.8) is 0 Å². The molecule has 0 fully saturated rings. The van der Waals surface area contributed by atoms with Crippen molar-refractivity contribution in [1.29, 1.82) is 0 Å². The number of rotatable bonds is 2. The second kappa shape index (κ2) is 3.16. The predicted octanol–water partition coefficient (Wildman–Crippen LogP) is 1.52. The summed E-state index contributed by atoms with van der Waals surface area (Å²) in [4.78, 5) is 10.7. The van der Waals surface area contributed by atoms with Gasteiger partial charge in [0.05, 0.1) is 6.26 Å². The van der Waals surface area contributed by atoms with Crippen LogP contribution < -0.4 is 5.73 Å². The van der Waals surface area contributed by atoms with Gasteiger partial charge >= 0.3 is 5.97 Å². The Balaban J connectivity index is 2.58. The molecule has 4 nitrogen and oxygen atoms in total. The lowest BCUT2D eigenvalue weighted by Gasteiger charge is -2.02. The number of benzene rings is 1. The summed E-state index contributed by atoms with van der Waals surface area (Å²) in [7, 11) is 0. The van der Waals surface area contributed by atoms with Crippen molar-refractivity contribution in [1.82, 2.24) is 0 Å². The van der Waals surface area contributed by atoms with Crippen molar-refractivity contribution in [2.45, 2.75) is 6.04 Å². The van der Waals surface area contributed by atoms with Crippen molar-refractivity contribution in [2.24, 2.45) is 5.73 Å². The lowest BCUT2D eigenvalue weighted by Crippen LogP contribution is -2.20. The number of furan rings is 1. The fourth-order valence-electron chi connectivity index (χ4n) is 1.37. The third-order valence-electron chi connectivity index (χ3n) is 2.11. The van der Waals surface area contributed by atoms with Crippen LogP contribution in [-0.4, -0.2) is 11.1 Å². The third kappa shape index (κ3) is 1.25. The van der Waals surface area contributed by atoms with E-state index in [1.165, 1.54) is 6.26 Å². The summed E-state index contributed by atoms with van der Waals surface area (Å²) in [6.45, 7) is 0. The number of carboxylic acid groups (broad SMARTS) is 1. The lowest BCUT2D eigenvalue weighted by molar-refractivity contribution is -0.138. The van der Waals surface area contributed by atoms with E-state index in [0.29, 0.717) is 11.1 Å². The molecule has 1 heterocycles. The van der Waals surface area contributed by atoms with E-state index in [9.17, 15) is 4.79 Å². The number of nitrogens with two attached hydrogens (primary N) is 1. The molecule has 0 aliphatic carbocycles. The summed E-state index contributed by atoms with van der Waals surface area (Å²) in [6, 6.07) is 6.17. The van der Waals surface area contributed by atoms with Gasteiger partial charge in [0.15, 0.2) is 0 Å². The van der Waals surface area contributed by atoms with Crippen molar-refractivity contribution < 1.29 is 14.3 Å². The highest BCUT2D eigenvalue weighted by Gasteiger charge is 2.18. The molecule has 0 unspecified atom stereocenters. The van der Waals surface area contributed by atoms with E-state index < -0.39 is 12.0 Å². The second-order valence-electron chi connectivity index (χ2n) is 3.00. The van der Waals surface area contributed by atoms with Crippen LogP contribution in [0, 0.1) is 0 Å². The number of carbonyl (C=O) groups is 1.